The van der Waals surface area contributed by atoms with Crippen LogP contribution < -0.4 is 5.56 Å². The minimum Gasteiger partial charge on any atom is -0.290 e. The SMILES string of the molecule is Cc1cc2ncc3c(=O)n(-c4ccccc4)[nH]c3c2cc1F. The van der Waals surface area contributed by atoms with Crippen molar-refractivity contribution in [3.05, 3.63) is 70.4 Å². The Morgan fingerprint density at radius 3 is 2.68 bits per heavy atom. The molecule has 0 fully saturated rings. The maximum absolute atomic E-state index is 13.9. The molecule has 2 aromatic heterocycles. The number of pyridine rings is 1. The largest absolute Gasteiger partial charge is 0.290 e. The molecule has 0 bridgehead atoms. The molecule has 22 heavy (non-hydrogen) atoms. The Labute approximate surface area is 124 Å². The van der Waals surface area contributed by atoms with E-state index < -0.39 is 0 Å². The van der Waals surface area contributed by atoms with Gasteiger partial charge in [0.05, 0.1) is 22.1 Å². The minimum absolute atomic E-state index is 0.198. The zero-order valence-electron chi connectivity index (χ0n) is 11.8. The van der Waals surface area contributed by atoms with Gasteiger partial charge in [0.15, 0.2) is 0 Å². The van der Waals surface area contributed by atoms with Crippen molar-refractivity contribution >= 4 is 21.8 Å². The minimum atomic E-state index is -0.310. The first-order chi connectivity index (χ1) is 10.6. The smallest absolute Gasteiger partial charge is 0.280 e. The van der Waals surface area contributed by atoms with Crippen molar-refractivity contribution < 1.29 is 4.39 Å². The molecule has 4 nitrogen and oxygen atoms in total. The molecule has 0 atom stereocenters. The highest BCUT2D eigenvalue weighted by Gasteiger charge is 2.13. The van der Waals surface area contributed by atoms with E-state index in [2.05, 4.69) is 10.1 Å². The molecule has 108 valence electrons. The fourth-order valence-electron chi connectivity index (χ4n) is 2.64. The molecule has 2 aromatic carbocycles. The Balaban J connectivity index is 2.12. The van der Waals surface area contributed by atoms with Gasteiger partial charge in [-0.2, -0.15) is 0 Å². The number of aromatic nitrogens is 3. The van der Waals surface area contributed by atoms with Crippen molar-refractivity contribution in [1.82, 2.24) is 14.8 Å². The third kappa shape index (κ3) is 1.75. The number of aromatic amines is 1. The topological polar surface area (TPSA) is 50.7 Å². The fraction of sp³-hybridized carbons (Fsp3) is 0.0588. The van der Waals surface area contributed by atoms with Gasteiger partial charge in [-0.15, -0.1) is 0 Å². The molecular weight excluding hydrogens is 281 g/mol. The molecule has 0 aliphatic rings. The van der Waals surface area contributed by atoms with Gasteiger partial charge in [0.2, 0.25) is 0 Å². The average Bonchev–Trinajstić information content (AvgIpc) is 2.87. The molecule has 0 saturated carbocycles. The van der Waals surface area contributed by atoms with Gasteiger partial charge in [0, 0.05) is 11.6 Å². The third-order valence-corrected chi connectivity index (χ3v) is 3.82. The van der Waals surface area contributed by atoms with E-state index in [1.165, 1.54) is 16.9 Å². The van der Waals surface area contributed by atoms with Crippen LogP contribution in [0.2, 0.25) is 0 Å². The van der Waals surface area contributed by atoms with Crippen LogP contribution >= 0.6 is 0 Å². The molecule has 0 aliphatic carbocycles. The lowest BCUT2D eigenvalue weighted by Gasteiger charge is -2.02. The Hall–Kier alpha value is -2.95. The zero-order valence-corrected chi connectivity index (χ0v) is 11.8. The summed E-state index contributed by atoms with van der Waals surface area (Å²) < 4.78 is 15.3. The lowest BCUT2D eigenvalue weighted by molar-refractivity contribution is 0.620. The summed E-state index contributed by atoms with van der Waals surface area (Å²) in [5.41, 5.74) is 2.32. The molecular formula is C17H12FN3O. The van der Waals surface area contributed by atoms with Crippen LogP contribution in [0, 0.1) is 12.7 Å². The molecule has 2 heterocycles. The van der Waals surface area contributed by atoms with E-state index in [-0.39, 0.29) is 11.4 Å². The van der Waals surface area contributed by atoms with Crippen LogP contribution in [-0.4, -0.2) is 14.8 Å². The highest BCUT2D eigenvalue weighted by molar-refractivity contribution is 6.02. The van der Waals surface area contributed by atoms with Gasteiger partial charge in [-0.25, -0.2) is 9.07 Å². The molecule has 4 rings (SSSR count). The summed E-state index contributed by atoms with van der Waals surface area (Å²) in [6.45, 7) is 1.69. The number of fused-ring (bicyclic) bond motifs is 3. The quantitative estimate of drug-likeness (QED) is 0.585. The molecule has 0 unspecified atom stereocenters. The zero-order chi connectivity index (χ0) is 15.3. The Kier molecular flexibility index (Phi) is 2.63. The summed E-state index contributed by atoms with van der Waals surface area (Å²) in [6, 6.07) is 12.4. The van der Waals surface area contributed by atoms with Gasteiger partial charge in [0.1, 0.15) is 5.82 Å². The number of benzene rings is 2. The molecule has 0 spiro atoms. The Bertz CT molecular complexity index is 1060. The number of H-pyrrole nitrogens is 1. The highest BCUT2D eigenvalue weighted by atomic mass is 19.1. The first-order valence-corrected chi connectivity index (χ1v) is 6.90. The van der Waals surface area contributed by atoms with Crippen LogP contribution in [-0.2, 0) is 0 Å². The second kappa shape index (κ2) is 4.53. The average molecular weight is 293 g/mol. The first-order valence-electron chi connectivity index (χ1n) is 6.90. The van der Waals surface area contributed by atoms with Gasteiger partial charge in [0.25, 0.3) is 5.56 Å². The summed E-state index contributed by atoms with van der Waals surface area (Å²) in [5.74, 6) is -0.310. The summed E-state index contributed by atoms with van der Waals surface area (Å²) in [4.78, 5) is 16.8. The summed E-state index contributed by atoms with van der Waals surface area (Å²) in [5, 5.41) is 4.12. The van der Waals surface area contributed by atoms with Crippen LogP contribution in [0.3, 0.4) is 0 Å². The van der Waals surface area contributed by atoms with Gasteiger partial charge >= 0.3 is 0 Å². The molecule has 0 saturated heterocycles. The van der Waals surface area contributed by atoms with Crippen molar-refractivity contribution in [2.45, 2.75) is 6.92 Å². The Morgan fingerprint density at radius 1 is 1.14 bits per heavy atom. The first kappa shape index (κ1) is 12.8. The van der Waals surface area contributed by atoms with Gasteiger partial charge in [-0.3, -0.25) is 14.9 Å². The monoisotopic (exact) mass is 293 g/mol. The highest BCUT2D eigenvalue weighted by Crippen LogP contribution is 2.23. The number of para-hydroxylation sites is 1. The summed E-state index contributed by atoms with van der Waals surface area (Å²) in [6.07, 6.45) is 1.54. The molecule has 0 radical (unpaired) electrons. The van der Waals surface area contributed by atoms with E-state index in [0.29, 0.717) is 27.4 Å². The standard InChI is InChI=1S/C17H12FN3O/c1-10-7-15-12(8-14(10)18)16-13(9-19-15)17(22)21(20-16)11-5-3-2-4-6-11/h2-9,20H,1H3. The van der Waals surface area contributed by atoms with Gasteiger partial charge in [-0.1, -0.05) is 18.2 Å². The fourth-order valence-corrected chi connectivity index (χ4v) is 2.64. The van der Waals surface area contributed by atoms with Crippen molar-refractivity contribution in [2.24, 2.45) is 0 Å². The van der Waals surface area contributed by atoms with Crippen molar-refractivity contribution in [2.75, 3.05) is 0 Å². The maximum Gasteiger partial charge on any atom is 0.280 e. The van der Waals surface area contributed by atoms with E-state index in [1.54, 1.807) is 13.0 Å². The van der Waals surface area contributed by atoms with Crippen LogP contribution in [0.4, 0.5) is 4.39 Å². The number of rotatable bonds is 1. The van der Waals surface area contributed by atoms with Crippen LogP contribution in [0.1, 0.15) is 5.56 Å². The number of hydrogen-bond donors (Lipinski definition) is 1. The normalized spacial score (nSPS) is 11.4. The molecule has 0 aliphatic heterocycles. The Morgan fingerprint density at radius 2 is 1.91 bits per heavy atom. The predicted molar refractivity (Wildman–Crippen MR) is 83.9 cm³/mol. The maximum atomic E-state index is 13.9. The van der Waals surface area contributed by atoms with Crippen molar-refractivity contribution in [1.29, 1.82) is 0 Å². The van der Waals surface area contributed by atoms with Crippen LogP contribution in [0.25, 0.3) is 27.5 Å². The number of halogens is 1. The second-order valence-corrected chi connectivity index (χ2v) is 5.25. The van der Waals surface area contributed by atoms with Crippen molar-refractivity contribution in [3.63, 3.8) is 0 Å². The molecule has 1 N–H and O–H groups in total. The lowest BCUT2D eigenvalue weighted by Crippen LogP contribution is -2.13. The second-order valence-electron chi connectivity index (χ2n) is 5.25. The lowest BCUT2D eigenvalue weighted by atomic mass is 10.1. The van der Waals surface area contributed by atoms with E-state index in [9.17, 15) is 9.18 Å². The van der Waals surface area contributed by atoms with Crippen LogP contribution in [0.5, 0.6) is 0 Å². The number of nitrogens with one attached hydrogen (secondary N) is 1. The number of aryl methyl sites for hydroxylation is 1. The molecule has 5 heteroatoms. The van der Waals surface area contributed by atoms with E-state index in [4.69, 9.17) is 0 Å². The third-order valence-electron chi connectivity index (χ3n) is 3.82. The van der Waals surface area contributed by atoms with Gasteiger partial charge in [-0.05, 0) is 36.8 Å². The van der Waals surface area contributed by atoms with E-state index in [1.807, 2.05) is 30.3 Å². The summed E-state index contributed by atoms with van der Waals surface area (Å²) in [7, 11) is 0. The van der Waals surface area contributed by atoms with E-state index in [0.717, 1.165) is 5.69 Å². The summed E-state index contributed by atoms with van der Waals surface area (Å²) >= 11 is 0. The molecule has 4 aromatic rings. The molecule has 0 amide bonds. The predicted octanol–water partition coefficient (Wildman–Crippen LogP) is 3.31. The van der Waals surface area contributed by atoms with E-state index >= 15 is 0 Å². The number of nitrogens with zero attached hydrogens (tertiary/aromatic N) is 2. The van der Waals surface area contributed by atoms with Gasteiger partial charge < -0.3 is 0 Å². The van der Waals surface area contributed by atoms with Crippen LogP contribution in [0.15, 0.2) is 53.5 Å². The number of hydrogen-bond acceptors (Lipinski definition) is 2. The van der Waals surface area contributed by atoms with Crippen molar-refractivity contribution in [3.8, 4) is 5.69 Å².